The topological polar surface area (TPSA) is 70.9 Å². The van der Waals surface area contributed by atoms with E-state index in [0.29, 0.717) is 24.1 Å². The van der Waals surface area contributed by atoms with Crippen molar-refractivity contribution in [2.45, 2.75) is 32.0 Å². The van der Waals surface area contributed by atoms with E-state index >= 15 is 0 Å². The maximum absolute atomic E-state index is 8.84. The lowest BCUT2D eigenvalue weighted by Crippen LogP contribution is -2.40. The summed E-state index contributed by atoms with van der Waals surface area (Å²) in [6.45, 7) is 7.12. The van der Waals surface area contributed by atoms with Gasteiger partial charge in [-0.05, 0) is 30.4 Å². The van der Waals surface area contributed by atoms with Crippen LogP contribution in [0.25, 0.3) is 0 Å². The molecule has 0 radical (unpaired) electrons. The quantitative estimate of drug-likeness (QED) is 0.784. The molecule has 2 aromatic rings. The van der Waals surface area contributed by atoms with Crippen LogP contribution >= 0.6 is 11.8 Å². The lowest BCUT2D eigenvalue weighted by molar-refractivity contribution is 0.350. The molecule has 1 fully saturated rings. The van der Waals surface area contributed by atoms with Gasteiger partial charge in [-0.15, -0.1) is 10.2 Å². The second kappa shape index (κ2) is 7.09. The van der Waals surface area contributed by atoms with Crippen LogP contribution in [0.5, 0.6) is 0 Å². The van der Waals surface area contributed by atoms with Crippen molar-refractivity contribution in [1.29, 1.82) is 5.26 Å². The number of piperidine rings is 1. The van der Waals surface area contributed by atoms with Gasteiger partial charge in [-0.25, -0.2) is 0 Å². The number of nitrogens with zero attached hydrogens (tertiary/aromatic N) is 5. The van der Waals surface area contributed by atoms with Gasteiger partial charge in [0.15, 0.2) is 5.16 Å². The van der Waals surface area contributed by atoms with E-state index in [4.69, 9.17) is 9.68 Å². The van der Waals surface area contributed by atoms with Gasteiger partial charge in [0.1, 0.15) is 5.76 Å². The number of furan rings is 1. The minimum Gasteiger partial charge on any atom is -0.467 e. The highest BCUT2D eigenvalue weighted by atomic mass is 32.2. The molecule has 0 spiro atoms. The van der Waals surface area contributed by atoms with E-state index in [1.807, 2.05) is 12.1 Å². The summed E-state index contributed by atoms with van der Waals surface area (Å²) in [5, 5.41) is 18.3. The van der Waals surface area contributed by atoms with Gasteiger partial charge in [-0.1, -0.05) is 25.6 Å². The zero-order chi connectivity index (χ0) is 16.2. The Morgan fingerprint density at radius 2 is 2.13 bits per heavy atom. The first-order valence-corrected chi connectivity index (χ1v) is 8.86. The summed E-state index contributed by atoms with van der Waals surface area (Å²) in [6, 6.07) is 5.98. The molecule has 0 aromatic carbocycles. The third kappa shape index (κ3) is 3.70. The molecular weight excluding hydrogens is 310 g/mol. The van der Waals surface area contributed by atoms with Crippen molar-refractivity contribution < 1.29 is 4.42 Å². The molecule has 2 unspecified atom stereocenters. The van der Waals surface area contributed by atoms with Gasteiger partial charge in [0.05, 0.1) is 24.6 Å². The van der Waals surface area contributed by atoms with Gasteiger partial charge >= 0.3 is 0 Å². The van der Waals surface area contributed by atoms with Crippen LogP contribution in [0.1, 0.15) is 26.0 Å². The second-order valence-electron chi connectivity index (χ2n) is 6.25. The monoisotopic (exact) mass is 331 g/mol. The number of hydrogen-bond donors (Lipinski definition) is 0. The molecule has 3 heterocycles. The van der Waals surface area contributed by atoms with Crippen molar-refractivity contribution in [2.24, 2.45) is 11.8 Å². The van der Waals surface area contributed by atoms with E-state index in [9.17, 15) is 0 Å². The lowest BCUT2D eigenvalue weighted by atomic mass is 9.92. The second-order valence-corrected chi connectivity index (χ2v) is 7.19. The Balaban J connectivity index is 1.89. The van der Waals surface area contributed by atoms with E-state index in [0.717, 1.165) is 30.0 Å². The zero-order valence-corrected chi connectivity index (χ0v) is 14.3. The fraction of sp³-hybridized carbons (Fsp3) is 0.562. The van der Waals surface area contributed by atoms with Crippen molar-refractivity contribution in [3.05, 3.63) is 24.2 Å². The molecule has 122 valence electrons. The lowest BCUT2D eigenvalue weighted by Gasteiger charge is -2.35. The van der Waals surface area contributed by atoms with Crippen LogP contribution in [0.4, 0.5) is 5.95 Å². The van der Waals surface area contributed by atoms with Crippen LogP contribution in [0.3, 0.4) is 0 Å². The van der Waals surface area contributed by atoms with Crippen LogP contribution in [0.2, 0.25) is 0 Å². The van der Waals surface area contributed by atoms with Crippen LogP contribution in [-0.4, -0.2) is 33.6 Å². The van der Waals surface area contributed by atoms with Crippen molar-refractivity contribution in [3.63, 3.8) is 0 Å². The van der Waals surface area contributed by atoms with Crippen LogP contribution in [-0.2, 0) is 6.54 Å². The van der Waals surface area contributed by atoms with Gasteiger partial charge in [0.2, 0.25) is 5.95 Å². The Bertz CT molecular complexity index is 665. The van der Waals surface area contributed by atoms with Gasteiger partial charge in [-0.2, -0.15) is 5.26 Å². The molecule has 0 N–H and O–H groups in total. The molecule has 0 aliphatic carbocycles. The van der Waals surface area contributed by atoms with Crippen molar-refractivity contribution in [2.75, 3.05) is 23.7 Å². The summed E-state index contributed by atoms with van der Waals surface area (Å²) in [5.41, 5.74) is 0. The van der Waals surface area contributed by atoms with Crippen molar-refractivity contribution >= 4 is 17.7 Å². The Morgan fingerprint density at radius 3 is 2.78 bits per heavy atom. The minimum absolute atomic E-state index is 0.364. The SMILES string of the molecule is CC1CC(C)CN(c2nnc(SCC#N)n2Cc2ccco2)C1. The third-order valence-electron chi connectivity index (χ3n) is 4.01. The summed E-state index contributed by atoms with van der Waals surface area (Å²) >= 11 is 1.42. The van der Waals surface area contributed by atoms with Crippen LogP contribution in [0, 0.1) is 23.2 Å². The summed E-state index contributed by atoms with van der Waals surface area (Å²) in [7, 11) is 0. The smallest absolute Gasteiger partial charge is 0.228 e. The van der Waals surface area contributed by atoms with Crippen LogP contribution in [0.15, 0.2) is 28.0 Å². The maximum Gasteiger partial charge on any atom is 0.228 e. The largest absolute Gasteiger partial charge is 0.467 e. The summed E-state index contributed by atoms with van der Waals surface area (Å²) in [4.78, 5) is 2.31. The molecule has 2 aromatic heterocycles. The van der Waals surface area contributed by atoms with Gasteiger partial charge in [-0.3, -0.25) is 4.57 Å². The fourth-order valence-electron chi connectivity index (χ4n) is 3.24. The Morgan fingerprint density at radius 1 is 1.35 bits per heavy atom. The first-order valence-electron chi connectivity index (χ1n) is 7.87. The number of nitriles is 1. The molecule has 3 rings (SSSR count). The molecule has 1 saturated heterocycles. The molecule has 1 aliphatic heterocycles. The molecular formula is C16H21N5OS. The number of rotatable bonds is 5. The van der Waals surface area contributed by atoms with Crippen molar-refractivity contribution in [1.82, 2.24) is 14.8 Å². The standard InChI is InChI=1S/C16H21N5OS/c1-12-8-13(2)10-20(9-12)15-18-19-16(23-7-5-17)21(15)11-14-4-3-6-22-14/h3-4,6,12-13H,7-11H2,1-2H3. The molecule has 0 bridgehead atoms. The third-order valence-corrected chi connectivity index (χ3v) is 4.84. The molecule has 2 atom stereocenters. The first-order chi connectivity index (χ1) is 11.2. The zero-order valence-electron chi connectivity index (χ0n) is 13.5. The predicted octanol–water partition coefficient (Wildman–Crippen LogP) is 3.02. The fourth-order valence-corrected chi connectivity index (χ4v) is 3.84. The van der Waals surface area contributed by atoms with Gasteiger partial charge < -0.3 is 9.32 Å². The highest BCUT2D eigenvalue weighted by Crippen LogP contribution is 2.28. The average Bonchev–Trinajstić information content (AvgIpc) is 3.15. The maximum atomic E-state index is 8.84. The summed E-state index contributed by atoms with van der Waals surface area (Å²) in [6.07, 6.45) is 2.92. The highest BCUT2D eigenvalue weighted by molar-refractivity contribution is 7.99. The number of anilines is 1. The highest BCUT2D eigenvalue weighted by Gasteiger charge is 2.27. The van der Waals surface area contributed by atoms with E-state index in [2.05, 4.69) is 39.6 Å². The van der Waals surface area contributed by atoms with Crippen LogP contribution < -0.4 is 4.90 Å². The number of aromatic nitrogens is 3. The van der Waals surface area contributed by atoms with Crippen molar-refractivity contribution in [3.8, 4) is 6.07 Å². The Hall–Kier alpha value is -1.94. The first kappa shape index (κ1) is 15.9. The molecule has 23 heavy (non-hydrogen) atoms. The van der Waals surface area contributed by atoms with E-state index in [1.54, 1.807) is 6.26 Å². The number of thioether (sulfide) groups is 1. The molecule has 7 heteroatoms. The molecule has 0 amide bonds. The molecule has 0 saturated carbocycles. The Labute approximate surface area is 140 Å². The Kier molecular flexibility index (Phi) is 4.91. The van der Waals surface area contributed by atoms with E-state index in [-0.39, 0.29) is 0 Å². The van der Waals surface area contributed by atoms with E-state index < -0.39 is 0 Å². The minimum atomic E-state index is 0.364. The predicted molar refractivity (Wildman–Crippen MR) is 89.3 cm³/mol. The summed E-state index contributed by atoms with van der Waals surface area (Å²) < 4.78 is 7.54. The normalized spacial score (nSPS) is 21.3. The molecule has 6 nitrogen and oxygen atoms in total. The molecule has 1 aliphatic rings. The van der Waals surface area contributed by atoms with Gasteiger partial charge in [0, 0.05) is 13.1 Å². The van der Waals surface area contributed by atoms with Gasteiger partial charge in [0.25, 0.3) is 0 Å². The average molecular weight is 331 g/mol. The number of hydrogen-bond acceptors (Lipinski definition) is 6. The van der Waals surface area contributed by atoms with E-state index in [1.165, 1.54) is 18.2 Å². The summed E-state index contributed by atoms with van der Waals surface area (Å²) in [5.74, 6) is 3.39.